The molecule has 0 aliphatic rings. The molecule has 0 spiro atoms. The summed E-state index contributed by atoms with van der Waals surface area (Å²) in [6.45, 7) is 0.459. The maximum atomic E-state index is 12.7. The van der Waals surface area contributed by atoms with E-state index < -0.39 is 17.3 Å². The van der Waals surface area contributed by atoms with Gasteiger partial charge in [-0.05, 0) is 31.8 Å². The number of benzene rings is 1. The molecular formula is C20H19ClF3N5O. The molecule has 30 heavy (non-hydrogen) atoms. The van der Waals surface area contributed by atoms with Crippen molar-refractivity contribution in [3.63, 3.8) is 0 Å². The highest BCUT2D eigenvalue weighted by Crippen LogP contribution is 2.28. The van der Waals surface area contributed by atoms with Gasteiger partial charge in [-0.2, -0.15) is 23.0 Å². The summed E-state index contributed by atoms with van der Waals surface area (Å²) in [6.07, 6.45) is -2.52. The van der Waals surface area contributed by atoms with Gasteiger partial charge in [-0.3, -0.25) is 4.79 Å². The van der Waals surface area contributed by atoms with Crippen LogP contribution in [0.3, 0.4) is 0 Å². The summed E-state index contributed by atoms with van der Waals surface area (Å²) in [5.74, 6) is -0.0584. The highest BCUT2D eigenvalue weighted by Gasteiger charge is 2.30. The monoisotopic (exact) mass is 437 g/mol. The predicted octanol–water partition coefficient (Wildman–Crippen LogP) is 4.01. The molecule has 0 saturated carbocycles. The lowest BCUT2D eigenvalue weighted by atomic mass is 10.1. The first kappa shape index (κ1) is 21.8. The molecule has 1 unspecified atom stereocenters. The topological polar surface area (TPSA) is 63.1 Å². The second-order valence-corrected chi connectivity index (χ2v) is 7.14. The summed E-state index contributed by atoms with van der Waals surface area (Å²) < 4.78 is 38.9. The Kier molecular flexibility index (Phi) is 6.42. The number of aromatic nitrogens is 3. The van der Waals surface area contributed by atoms with Crippen molar-refractivity contribution in [1.29, 1.82) is 0 Å². The fourth-order valence-electron chi connectivity index (χ4n) is 2.88. The van der Waals surface area contributed by atoms with Crippen molar-refractivity contribution in [3.8, 4) is 5.82 Å². The van der Waals surface area contributed by atoms with Crippen LogP contribution in [0.15, 0.2) is 59.7 Å². The molecule has 6 nitrogen and oxygen atoms in total. The van der Waals surface area contributed by atoms with E-state index in [1.807, 2.05) is 49.3 Å². The van der Waals surface area contributed by atoms with Crippen molar-refractivity contribution in [1.82, 2.24) is 19.7 Å². The van der Waals surface area contributed by atoms with Crippen molar-refractivity contribution in [3.05, 3.63) is 81.4 Å². The van der Waals surface area contributed by atoms with Crippen molar-refractivity contribution >= 4 is 17.3 Å². The Bertz CT molecular complexity index is 1050. The predicted molar refractivity (Wildman–Crippen MR) is 109 cm³/mol. The molecule has 3 aromatic rings. The van der Waals surface area contributed by atoms with Gasteiger partial charge in [-0.1, -0.05) is 41.9 Å². The van der Waals surface area contributed by atoms with Crippen LogP contribution < -0.4 is 10.9 Å². The lowest BCUT2D eigenvalue weighted by Gasteiger charge is -2.25. The minimum absolute atomic E-state index is 0.0151. The molecule has 158 valence electrons. The van der Waals surface area contributed by atoms with Crippen LogP contribution in [-0.4, -0.2) is 40.3 Å². The molecule has 0 aliphatic heterocycles. The fourth-order valence-corrected chi connectivity index (χ4v) is 3.07. The first-order valence-corrected chi connectivity index (χ1v) is 9.33. The second-order valence-electron chi connectivity index (χ2n) is 6.76. The van der Waals surface area contributed by atoms with Crippen LogP contribution in [0.4, 0.5) is 18.9 Å². The Morgan fingerprint density at radius 1 is 1.13 bits per heavy atom. The lowest BCUT2D eigenvalue weighted by molar-refractivity contribution is -0.137. The lowest BCUT2D eigenvalue weighted by Crippen LogP contribution is -2.28. The number of nitrogens with zero attached hydrogens (tertiary/aromatic N) is 4. The Balaban J connectivity index is 1.82. The summed E-state index contributed by atoms with van der Waals surface area (Å²) >= 11 is 6.20. The van der Waals surface area contributed by atoms with Crippen LogP contribution in [0, 0.1) is 0 Å². The molecule has 1 N–H and O–H groups in total. The summed E-state index contributed by atoms with van der Waals surface area (Å²) in [5, 5.41) is 6.99. The van der Waals surface area contributed by atoms with Gasteiger partial charge in [0.15, 0.2) is 5.82 Å². The maximum Gasteiger partial charge on any atom is 0.417 e. The van der Waals surface area contributed by atoms with E-state index in [2.05, 4.69) is 15.4 Å². The molecule has 0 aliphatic carbocycles. The standard InChI is InChI=1S/C20H19ClF3N5O/c1-28(2)16(13-6-4-3-5-7-13)12-25-15-11-27-29(19(30)18(15)21)17-9-8-14(10-26-17)20(22,23)24/h3-11,16,25H,12H2,1-2H3. The van der Waals surface area contributed by atoms with Gasteiger partial charge in [0.05, 0.1) is 23.5 Å². The van der Waals surface area contributed by atoms with Crippen LogP contribution in [0.25, 0.3) is 5.82 Å². The average Bonchev–Trinajstić information content (AvgIpc) is 2.71. The SMILES string of the molecule is CN(C)C(CNc1cnn(-c2ccc(C(F)(F)F)cn2)c(=O)c1Cl)c1ccccc1. The molecule has 1 atom stereocenters. The normalized spacial score (nSPS) is 12.8. The smallest absolute Gasteiger partial charge is 0.380 e. The number of hydrogen-bond donors (Lipinski definition) is 1. The number of alkyl halides is 3. The molecule has 1 aromatic carbocycles. The van der Waals surface area contributed by atoms with Gasteiger partial charge < -0.3 is 10.2 Å². The van der Waals surface area contributed by atoms with Crippen LogP contribution in [0.2, 0.25) is 5.02 Å². The Morgan fingerprint density at radius 2 is 1.83 bits per heavy atom. The zero-order valence-electron chi connectivity index (χ0n) is 16.2. The first-order chi connectivity index (χ1) is 14.2. The largest absolute Gasteiger partial charge is 0.417 e. The van der Waals surface area contributed by atoms with Gasteiger partial charge in [0, 0.05) is 12.7 Å². The molecule has 0 amide bonds. The summed E-state index contributed by atoms with van der Waals surface area (Å²) in [4.78, 5) is 18.3. The van der Waals surface area contributed by atoms with E-state index in [-0.39, 0.29) is 16.9 Å². The van der Waals surface area contributed by atoms with Gasteiger partial charge in [0.1, 0.15) is 5.02 Å². The summed E-state index contributed by atoms with van der Waals surface area (Å²) in [5.41, 5.74) is -0.191. The zero-order valence-corrected chi connectivity index (χ0v) is 16.9. The molecular weight excluding hydrogens is 419 g/mol. The highest BCUT2D eigenvalue weighted by atomic mass is 35.5. The maximum absolute atomic E-state index is 12.7. The number of hydrogen-bond acceptors (Lipinski definition) is 5. The molecule has 2 heterocycles. The average molecular weight is 438 g/mol. The minimum Gasteiger partial charge on any atom is -0.380 e. The Labute approximate surface area is 175 Å². The number of rotatable bonds is 6. The first-order valence-electron chi connectivity index (χ1n) is 8.95. The Hall–Kier alpha value is -2.91. The summed E-state index contributed by atoms with van der Waals surface area (Å²) in [6, 6.07) is 11.7. The van der Waals surface area contributed by atoms with Crippen LogP contribution in [-0.2, 0) is 6.18 Å². The fraction of sp³-hybridized carbons (Fsp3) is 0.250. The van der Waals surface area contributed by atoms with E-state index >= 15 is 0 Å². The van der Waals surface area contributed by atoms with E-state index in [9.17, 15) is 18.0 Å². The third-order valence-corrected chi connectivity index (χ3v) is 4.87. The molecule has 0 radical (unpaired) electrons. The van der Waals surface area contributed by atoms with Crippen molar-refractivity contribution in [2.45, 2.75) is 12.2 Å². The summed E-state index contributed by atoms with van der Waals surface area (Å²) in [7, 11) is 3.88. The van der Waals surface area contributed by atoms with E-state index in [1.54, 1.807) is 0 Å². The van der Waals surface area contributed by atoms with Gasteiger partial charge in [-0.25, -0.2) is 4.98 Å². The van der Waals surface area contributed by atoms with Gasteiger partial charge >= 0.3 is 6.18 Å². The quantitative estimate of drug-likeness (QED) is 0.631. The van der Waals surface area contributed by atoms with Crippen molar-refractivity contribution < 1.29 is 13.2 Å². The van der Waals surface area contributed by atoms with E-state index in [0.29, 0.717) is 18.4 Å². The van der Waals surface area contributed by atoms with Crippen molar-refractivity contribution in [2.75, 3.05) is 26.0 Å². The molecule has 0 saturated heterocycles. The number of likely N-dealkylation sites (N-methyl/N-ethyl adjacent to an activating group) is 1. The molecule has 2 aromatic heterocycles. The van der Waals surface area contributed by atoms with Gasteiger partial charge in [-0.15, -0.1) is 0 Å². The third-order valence-electron chi connectivity index (χ3n) is 4.50. The molecule has 3 rings (SSSR count). The number of halogens is 4. The van der Waals surface area contributed by atoms with Crippen LogP contribution >= 0.6 is 11.6 Å². The van der Waals surface area contributed by atoms with E-state index in [4.69, 9.17) is 11.6 Å². The molecule has 0 bridgehead atoms. The van der Waals surface area contributed by atoms with Crippen molar-refractivity contribution in [2.24, 2.45) is 0 Å². The zero-order chi connectivity index (χ0) is 21.9. The minimum atomic E-state index is -4.52. The van der Waals surface area contributed by atoms with Gasteiger partial charge in [0.2, 0.25) is 0 Å². The molecule has 0 fully saturated rings. The van der Waals surface area contributed by atoms with Crippen LogP contribution in [0.1, 0.15) is 17.2 Å². The number of anilines is 1. The Morgan fingerprint density at radius 3 is 2.40 bits per heavy atom. The number of pyridine rings is 1. The highest BCUT2D eigenvalue weighted by molar-refractivity contribution is 6.32. The van der Waals surface area contributed by atoms with E-state index in [0.717, 1.165) is 22.4 Å². The van der Waals surface area contributed by atoms with E-state index in [1.165, 1.54) is 6.20 Å². The van der Waals surface area contributed by atoms with Gasteiger partial charge in [0.25, 0.3) is 5.56 Å². The molecule has 10 heteroatoms. The second kappa shape index (κ2) is 8.85. The third kappa shape index (κ3) is 4.80. The number of nitrogens with one attached hydrogen (secondary N) is 1. The van der Waals surface area contributed by atoms with Crippen LogP contribution in [0.5, 0.6) is 0 Å².